The molecule has 0 radical (unpaired) electrons. The minimum absolute atomic E-state index is 0.0884. The number of carboxylic acid groups (broad SMARTS) is 2. The van der Waals surface area contributed by atoms with Gasteiger partial charge < -0.3 is 35.2 Å². The summed E-state index contributed by atoms with van der Waals surface area (Å²) in [6.07, 6.45) is 1.05. The fourth-order valence-electron chi connectivity index (χ4n) is 4.16. The smallest absolute Gasteiger partial charge is 0.347 e. The summed E-state index contributed by atoms with van der Waals surface area (Å²) >= 11 is 0. The Kier molecular flexibility index (Phi) is 7.76. The molecule has 5 N–H and O–H groups in total. The fraction of sp³-hybridized carbons (Fsp3) is 0.308. The zero-order valence-electron chi connectivity index (χ0n) is 20.4. The van der Waals surface area contributed by atoms with E-state index in [1.54, 1.807) is 6.08 Å². The van der Waals surface area contributed by atoms with Crippen LogP contribution in [0.15, 0.2) is 29.8 Å². The summed E-state index contributed by atoms with van der Waals surface area (Å²) in [6.45, 7) is 4.84. The molecule has 0 spiro atoms. The van der Waals surface area contributed by atoms with Crippen molar-refractivity contribution in [3.63, 3.8) is 0 Å². The van der Waals surface area contributed by atoms with Gasteiger partial charge in [-0.05, 0) is 51.3 Å². The third kappa shape index (κ3) is 5.66. The second kappa shape index (κ2) is 10.6. The molecule has 0 bridgehead atoms. The van der Waals surface area contributed by atoms with Gasteiger partial charge >= 0.3 is 17.9 Å². The van der Waals surface area contributed by atoms with E-state index in [1.165, 1.54) is 19.1 Å². The molecular formula is C26H27NO10. The summed E-state index contributed by atoms with van der Waals surface area (Å²) in [5, 5.41) is 49.5. The van der Waals surface area contributed by atoms with Crippen molar-refractivity contribution in [2.24, 2.45) is 0 Å². The lowest BCUT2D eigenvalue weighted by Gasteiger charge is -2.23. The Bertz CT molecular complexity index is 1300. The van der Waals surface area contributed by atoms with Crippen LogP contribution in [0.1, 0.15) is 64.1 Å². The number of aromatic hydroxyl groups is 3. The second-order valence-corrected chi connectivity index (χ2v) is 8.98. The summed E-state index contributed by atoms with van der Waals surface area (Å²) in [5.41, 5.74) is 1.10. The molecule has 1 heterocycles. The van der Waals surface area contributed by atoms with Crippen molar-refractivity contribution >= 4 is 23.8 Å². The number of fused-ring (bicyclic) bond motifs is 1. The molecule has 2 aromatic carbocycles. The topological polar surface area (TPSA) is 182 Å². The summed E-state index contributed by atoms with van der Waals surface area (Å²) in [4.78, 5) is 49.9. The molecule has 11 nitrogen and oxygen atoms in total. The number of aliphatic carboxylic acids is 2. The van der Waals surface area contributed by atoms with E-state index in [2.05, 4.69) is 0 Å². The van der Waals surface area contributed by atoms with Crippen LogP contribution in [0, 0.1) is 6.92 Å². The summed E-state index contributed by atoms with van der Waals surface area (Å²) in [5.74, 6) is -5.68. The molecule has 37 heavy (non-hydrogen) atoms. The molecule has 3 rings (SSSR count). The van der Waals surface area contributed by atoms with Gasteiger partial charge in [0.1, 0.15) is 34.6 Å². The Labute approximate surface area is 211 Å². The predicted octanol–water partition coefficient (Wildman–Crippen LogP) is 3.11. The maximum absolute atomic E-state index is 13.2. The van der Waals surface area contributed by atoms with Gasteiger partial charge in [-0.25, -0.2) is 9.59 Å². The highest BCUT2D eigenvalue weighted by Gasteiger charge is 2.39. The predicted molar refractivity (Wildman–Crippen MR) is 129 cm³/mol. The number of ether oxygens (including phenoxy) is 1. The summed E-state index contributed by atoms with van der Waals surface area (Å²) in [6, 6.07) is 2.01. The van der Waals surface area contributed by atoms with E-state index < -0.39 is 42.0 Å². The van der Waals surface area contributed by atoms with Crippen molar-refractivity contribution in [3.05, 3.63) is 57.7 Å². The molecule has 1 aliphatic heterocycles. The SMILES string of the molecule is CC(C)=CCc1c(OC(=O)c2c(C)cc(O)cc2O)cc2c(c1O)CN(C(CCC(=O)O)C(=O)O)C2=O. The summed E-state index contributed by atoms with van der Waals surface area (Å²) < 4.78 is 5.51. The van der Waals surface area contributed by atoms with Crippen LogP contribution < -0.4 is 4.74 Å². The highest BCUT2D eigenvalue weighted by Crippen LogP contribution is 2.41. The molecule has 0 saturated heterocycles. The van der Waals surface area contributed by atoms with Crippen LogP contribution >= 0.6 is 0 Å². The first kappa shape index (κ1) is 27.1. The van der Waals surface area contributed by atoms with Crippen LogP contribution in [0.5, 0.6) is 23.0 Å². The lowest BCUT2D eigenvalue weighted by molar-refractivity contribution is -0.143. The molecule has 0 aliphatic carbocycles. The van der Waals surface area contributed by atoms with Gasteiger partial charge in [0.25, 0.3) is 5.91 Å². The fourth-order valence-corrected chi connectivity index (χ4v) is 4.16. The number of phenols is 3. The van der Waals surface area contributed by atoms with Crippen molar-refractivity contribution in [1.29, 1.82) is 0 Å². The first-order valence-electron chi connectivity index (χ1n) is 11.3. The van der Waals surface area contributed by atoms with Gasteiger partial charge in [0.15, 0.2) is 0 Å². The first-order chi connectivity index (χ1) is 17.3. The number of benzene rings is 2. The average Bonchev–Trinajstić information content (AvgIpc) is 3.09. The first-order valence-corrected chi connectivity index (χ1v) is 11.3. The molecule has 1 aliphatic rings. The van der Waals surface area contributed by atoms with E-state index in [4.69, 9.17) is 9.84 Å². The molecule has 2 aromatic rings. The molecule has 1 amide bonds. The summed E-state index contributed by atoms with van der Waals surface area (Å²) in [7, 11) is 0. The Hall–Kier alpha value is -4.54. The molecule has 0 fully saturated rings. The number of aryl methyl sites for hydroxylation is 1. The quantitative estimate of drug-likeness (QED) is 0.190. The van der Waals surface area contributed by atoms with Gasteiger partial charge in [-0.2, -0.15) is 0 Å². The van der Waals surface area contributed by atoms with Crippen molar-refractivity contribution in [1.82, 2.24) is 4.90 Å². The average molecular weight is 513 g/mol. The second-order valence-electron chi connectivity index (χ2n) is 8.98. The number of esters is 1. The number of rotatable bonds is 9. The number of allylic oxidation sites excluding steroid dienone is 2. The van der Waals surface area contributed by atoms with Gasteiger partial charge in [-0.3, -0.25) is 9.59 Å². The van der Waals surface area contributed by atoms with Gasteiger partial charge in [-0.1, -0.05) is 11.6 Å². The molecule has 11 heteroatoms. The molecule has 0 saturated carbocycles. The van der Waals surface area contributed by atoms with E-state index in [-0.39, 0.29) is 64.5 Å². The lowest BCUT2D eigenvalue weighted by Crippen LogP contribution is -2.41. The van der Waals surface area contributed by atoms with E-state index in [0.717, 1.165) is 16.5 Å². The minimum Gasteiger partial charge on any atom is -0.508 e. The van der Waals surface area contributed by atoms with Crippen molar-refractivity contribution < 1.29 is 49.4 Å². The van der Waals surface area contributed by atoms with Crippen LogP contribution in [0.25, 0.3) is 0 Å². The number of hydrogen-bond donors (Lipinski definition) is 5. The number of carboxylic acids is 2. The zero-order chi connectivity index (χ0) is 27.6. The number of carbonyl (C=O) groups excluding carboxylic acids is 2. The third-order valence-corrected chi connectivity index (χ3v) is 6.00. The standard InChI is InChI=1S/C26H27NO10/c1-12(2)4-5-15-20(37-26(36)22-13(3)8-14(28)9-19(22)29)10-16-17(23(15)32)11-27(24(16)33)18(25(34)35)6-7-21(30)31/h4,8-10,18,28-29,32H,5-7,11H2,1-3H3,(H,30,31)(H,34,35). The lowest BCUT2D eigenvalue weighted by atomic mass is 9.99. The number of hydrogen-bond acceptors (Lipinski definition) is 8. The Balaban J connectivity index is 2.07. The van der Waals surface area contributed by atoms with Crippen LogP contribution in [0.4, 0.5) is 0 Å². The highest BCUT2D eigenvalue weighted by molar-refractivity contribution is 6.02. The molecule has 0 aromatic heterocycles. The number of carbonyl (C=O) groups is 4. The van der Waals surface area contributed by atoms with Crippen molar-refractivity contribution in [2.75, 3.05) is 0 Å². The molecule has 1 atom stereocenters. The largest absolute Gasteiger partial charge is 0.508 e. The van der Waals surface area contributed by atoms with Crippen LogP contribution in [0.2, 0.25) is 0 Å². The van der Waals surface area contributed by atoms with Crippen molar-refractivity contribution in [3.8, 4) is 23.0 Å². The Morgan fingerprint density at radius 1 is 1.11 bits per heavy atom. The van der Waals surface area contributed by atoms with Crippen LogP contribution in [-0.4, -0.2) is 60.3 Å². The molecular weight excluding hydrogens is 486 g/mol. The Morgan fingerprint density at radius 2 is 1.78 bits per heavy atom. The van der Waals surface area contributed by atoms with E-state index >= 15 is 0 Å². The zero-order valence-corrected chi connectivity index (χ0v) is 20.4. The maximum Gasteiger partial charge on any atom is 0.347 e. The van der Waals surface area contributed by atoms with E-state index in [9.17, 15) is 39.6 Å². The number of phenolic OH excluding ortho intramolecular Hbond substituents is 3. The van der Waals surface area contributed by atoms with E-state index in [1.807, 2.05) is 13.8 Å². The molecule has 1 unspecified atom stereocenters. The van der Waals surface area contributed by atoms with Crippen LogP contribution in [-0.2, 0) is 22.6 Å². The normalized spacial score (nSPS) is 13.2. The van der Waals surface area contributed by atoms with Gasteiger partial charge in [0, 0.05) is 23.6 Å². The van der Waals surface area contributed by atoms with Crippen molar-refractivity contribution in [2.45, 2.75) is 52.6 Å². The molecule has 196 valence electrons. The van der Waals surface area contributed by atoms with Gasteiger partial charge in [-0.15, -0.1) is 0 Å². The number of nitrogens with zero attached hydrogens (tertiary/aromatic N) is 1. The van der Waals surface area contributed by atoms with Gasteiger partial charge in [0.2, 0.25) is 0 Å². The maximum atomic E-state index is 13.2. The van der Waals surface area contributed by atoms with Gasteiger partial charge in [0.05, 0.1) is 12.1 Å². The highest BCUT2D eigenvalue weighted by atomic mass is 16.5. The Morgan fingerprint density at radius 3 is 2.35 bits per heavy atom. The minimum atomic E-state index is -1.45. The number of amides is 1. The third-order valence-electron chi connectivity index (χ3n) is 6.00. The van der Waals surface area contributed by atoms with Crippen LogP contribution in [0.3, 0.4) is 0 Å². The van der Waals surface area contributed by atoms with E-state index in [0.29, 0.717) is 0 Å². The monoisotopic (exact) mass is 513 g/mol.